The molecule has 0 atom stereocenters. The monoisotopic (exact) mass is 220 g/mol. The van der Waals surface area contributed by atoms with Gasteiger partial charge in [-0.1, -0.05) is 38.5 Å². The first-order valence-electron chi connectivity index (χ1n) is 5.77. The summed E-state index contributed by atoms with van der Waals surface area (Å²) in [4.78, 5) is 11.0. The van der Waals surface area contributed by atoms with E-state index in [4.69, 9.17) is 0 Å². The molecule has 3 heteroatoms. The topological polar surface area (TPSA) is 52.2 Å². The number of carboxylic acids is 1. The zero-order valence-corrected chi connectivity index (χ0v) is 9.88. The molecule has 1 rings (SSSR count). The van der Waals surface area contributed by atoms with Crippen LogP contribution in [-0.4, -0.2) is 12.5 Å². The van der Waals surface area contributed by atoms with Crippen molar-refractivity contribution >= 4 is 11.7 Å². The predicted octanol–water partition coefficient (Wildman–Crippen LogP) is 1.82. The summed E-state index contributed by atoms with van der Waals surface area (Å²) in [6, 6.07) is 5.29. The maximum absolute atomic E-state index is 11.0. The lowest BCUT2D eigenvalue weighted by Gasteiger charge is -2.16. The summed E-state index contributed by atoms with van der Waals surface area (Å²) in [5.74, 6) is -1.12. The Morgan fingerprint density at radius 2 is 2.12 bits per heavy atom. The van der Waals surface area contributed by atoms with Gasteiger partial charge in [-0.15, -0.1) is 0 Å². The first-order chi connectivity index (χ1) is 7.70. The number of para-hydroxylation sites is 1. The van der Waals surface area contributed by atoms with Crippen molar-refractivity contribution in [2.75, 3.05) is 11.9 Å². The summed E-state index contributed by atoms with van der Waals surface area (Å²) in [5, 5.41) is 14.2. The van der Waals surface area contributed by atoms with Gasteiger partial charge in [0.1, 0.15) is 0 Å². The fraction of sp³-hybridized carbons (Fsp3) is 0.462. The molecule has 0 aromatic heterocycles. The SMILES string of the molecule is CCCCNc1c(CC)cccc1C(=O)[O-]. The molecule has 0 amide bonds. The van der Waals surface area contributed by atoms with Crippen molar-refractivity contribution in [2.24, 2.45) is 0 Å². The van der Waals surface area contributed by atoms with Crippen molar-refractivity contribution in [1.29, 1.82) is 0 Å². The van der Waals surface area contributed by atoms with Gasteiger partial charge in [-0.2, -0.15) is 0 Å². The molecule has 1 N–H and O–H groups in total. The van der Waals surface area contributed by atoms with Gasteiger partial charge in [0.25, 0.3) is 0 Å². The van der Waals surface area contributed by atoms with Gasteiger partial charge in [0.15, 0.2) is 0 Å². The number of hydrogen-bond acceptors (Lipinski definition) is 3. The highest BCUT2D eigenvalue weighted by Gasteiger charge is 2.06. The number of carbonyl (C=O) groups is 1. The number of nitrogens with one attached hydrogen (secondary N) is 1. The Hall–Kier alpha value is -1.51. The number of carbonyl (C=O) groups excluding carboxylic acids is 1. The Morgan fingerprint density at radius 1 is 1.38 bits per heavy atom. The Labute approximate surface area is 96.5 Å². The van der Waals surface area contributed by atoms with Crippen LogP contribution in [0.1, 0.15) is 42.6 Å². The second-order valence-electron chi connectivity index (χ2n) is 3.76. The standard InChI is InChI=1S/C13H19NO2/c1-3-5-9-14-12-10(4-2)7-6-8-11(12)13(15)16/h6-8,14H,3-5,9H2,1-2H3,(H,15,16)/p-1. The van der Waals surface area contributed by atoms with Gasteiger partial charge in [-0.3, -0.25) is 0 Å². The molecule has 0 spiro atoms. The largest absolute Gasteiger partial charge is 0.545 e. The van der Waals surface area contributed by atoms with Crippen LogP contribution in [0.2, 0.25) is 0 Å². The Bertz CT molecular complexity index is 361. The molecule has 0 fully saturated rings. The molecule has 1 aromatic rings. The molecule has 1 aromatic carbocycles. The summed E-state index contributed by atoms with van der Waals surface area (Å²) < 4.78 is 0. The lowest BCUT2D eigenvalue weighted by atomic mass is 10.0. The first-order valence-corrected chi connectivity index (χ1v) is 5.77. The number of unbranched alkanes of at least 4 members (excludes halogenated alkanes) is 1. The summed E-state index contributed by atoms with van der Waals surface area (Å²) in [5.41, 5.74) is 2.01. The molecule has 88 valence electrons. The van der Waals surface area contributed by atoms with Gasteiger partial charge in [0, 0.05) is 17.8 Å². The van der Waals surface area contributed by atoms with Crippen LogP contribution < -0.4 is 10.4 Å². The third kappa shape index (κ3) is 2.99. The highest BCUT2D eigenvalue weighted by molar-refractivity contribution is 5.93. The number of carboxylic acid groups (broad SMARTS) is 1. The Balaban J connectivity index is 2.95. The van der Waals surface area contributed by atoms with E-state index in [0.717, 1.165) is 37.1 Å². The predicted molar refractivity (Wildman–Crippen MR) is 63.5 cm³/mol. The zero-order chi connectivity index (χ0) is 12.0. The van der Waals surface area contributed by atoms with Crippen LogP contribution in [0.5, 0.6) is 0 Å². The van der Waals surface area contributed by atoms with Crippen molar-refractivity contribution in [3.05, 3.63) is 29.3 Å². The molecule has 0 saturated heterocycles. The number of rotatable bonds is 6. The highest BCUT2D eigenvalue weighted by atomic mass is 16.4. The van der Waals surface area contributed by atoms with E-state index in [1.807, 2.05) is 13.0 Å². The minimum Gasteiger partial charge on any atom is -0.545 e. The summed E-state index contributed by atoms with van der Waals surface area (Å²) >= 11 is 0. The number of aromatic carboxylic acids is 1. The van der Waals surface area contributed by atoms with E-state index < -0.39 is 5.97 Å². The molecule has 0 heterocycles. The van der Waals surface area contributed by atoms with Crippen LogP contribution in [0.3, 0.4) is 0 Å². The summed E-state index contributed by atoms with van der Waals surface area (Å²) in [7, 11) is 0. The Morgan fingerprint density at radius 3 is 2.69 bits per heavy atom. The minimum atomic E-state index is -1.12. The smallest absolute Gasteiger partial charge is 0.0736 e. The van der Waals surface area contributed by atoms with Crippen LogP contribution in [0, 0.1) is 0 Å². The van der Waals surface area contributed by atoms with Crippen LogP contribution in [0.4, 0.5) is 5.69 Å². The van der Waals surface area contributed by atoms with Gasteiger partial charge in [0.05, 0.1) is 5.97 Å². The minimum absolute atomic E-state index is 0.260. The van der Waals surface area contributed by atoms with Crippen molar-refractivity contribution in [1.82, 2.24) is 0 Å². The average molecular weight is 220 g/mol. The third-order valence-corrected chi connectivity index (χ3v) is 2.58. The first kappa shape index (κ1) is 12.6. The van der Waals surface area contributed by atoms with Crippen molar-refractivity contribution in [3.8, 4) is 0 Å². The van der Waals surface area contributed by atoms with Gasteiger partial charge in [0.2, 0.25) is 0 Å². The normalized spacial score (nSPS) is 10.1. The van der Waals surface area contributed by atoms with E-state index in [2.05, 4.69) is 12.2 Å². The average Bonchev–Trinajstić information content (AvgIpc) is 2.29. The molecule has 0 unspecified atom stereocenters. The van der Waals surface area contributed by atoms with E-state index in [1.165, 1.54) is 0 Å². The molecule has 0 bridgehead atoms. The van der Waals surface area contributed by atoms with Gasteiger partial charge < -0.3 is 15.2 Å². The molecular formula is C13H18NO2-. The fourth-order valence-corrected chi connectivity index (χ4v) is 1.66. The van der Waals surface area contributed by atoms with E-state index in [1.54, 1.807) is 12.1 Å². The van der Waals surface area contributed by atoms with Crippen LogP contribution >= 0.6 is 0 Å². The third-order valence-electron chi connectivity index (χ3n) is 2.58. The molecule has 0 aliphatic carbocycles. The van der Waals surface area contributed by atoms with E-state index in [9.17, 15) is 9.90 Å². The van der Waals surface area contributed by atoms with E-state index in [0.29, 0.717) is 0 Å². The number of anilines is 1. The lowest BCUT2D eigenvalue weighted by Crippen LogP contribution is -2.24. The molecule has 3 nitrogen and oxygen atoms in total. The maximum Gasteiger partial charge on any atom is 0.0736 e. The molecule has 0 radical (unpaired) electrons. The van der Waals surface area contributed by atoms with Crippen LogP contribution in [-0.2, 0) is 6.42 Å². The molecule has 16 heavy (non-hydrogen) atoms. The molecule has 0 aliphatic rings. The zero-order valence-electron chi connectivity index (χ0n) is 9.88. The van der Waals surface area contributed by atoms with Gasteiger partial charge in [-0.25, -0.2) is 0 Å². The van der Waals surface area contributed by atoms with Gasteiger partial charge in [-0.05, 0) is 18.4 Å². The number of hydrogen-bond donors (Lipinski definition) is 1. The second-order valence-corrected chi connectivity index (χ2v) is 3.76. The van der Waals surface area contributed by atoms with Crippen LogP contribution in [0.25, 0.3) is 0 Å². The number of aryl methyl sites for hydroxylation is 1. The fourth-order valence-electron chi connectivity index (χ4n) is 1.66. The molecular weight excluding hydrogens is 202 g/mol. The molecule has 0 aliphatic heterocycles. The lowest BCUT2D eigenvalue weighted by molar-refractivity contribution is -0.254. The maximum atomic E-state index is 11.0. The molecule has 0 saturated carbocycles. The Kier molecular flexibility index (Phi) is 4.83. The van der Waals surface area contributed by atoms with Crippen molar-refractivity contribution in [2.45, 2.75) is 33.1 Å². The van der Waals surface area contributed by atoms with E-state index >= 15 is 0 Å². The van der Waals surface area contributed by atoms with E-state index in [-0.39, 0.29) is 5.56 Å². The quantitative estimate of drug-likeness (QED) is 0.744. The highest BCUT2D eigenvalue weighted by Crippen LogP contribution is 2.21. The number of benzene rings is 1. The summed E-state index contributed by atoms with van der Waals surface area (Å²) in [6.45, 7) is 4.92. The van der Waals surface area contributed by atoms with Gasteiger partial charge >= 0.3 is 0 Å². The van der Waals surface area contributed by atoms with Crippen molar-refractivity contribution in [3.63, 3.8) is 0 Å². The van der Waals surface area contributed by atoms with Crippen LogP contribution in [0.15, 0.2) is 18.2 Å². The summed E-state index contributed by atoms with van der Waals surface area (Å²) in [6.07, 6.45) is 2.93. The second kappa shape index (κ2) is 6.16. The van der Waals surface area contributed by atoms with Crippen molar-refractivity contribution < 1.29 is 9.90 Å².